The second kappa shape index (κ2) is 6.88. The summed E-state index contributed by atoms with van der Waals surface area (Å²) in [5.41, 5.74) is 0. The molecule has 3 nitrogen and oxygen atoms in total. The third-order valence-electron chi connectivity index (χ3n) is 4.63. The van der Waals surface area contributed by atoms with E-state index in [0.29, 0.717) is 18.2 Å². The van der Waals surface area contributed by atoms with E-state index in [1.165, 1.54) is 45.3 Å². The molecule has 2 heterocycles. The van der Waals surface area contributed by atoms with Crippen LogP contribution in [0.4, 0.5) is 0 Å². The number of hydrogen-bond acceptors (Lipinski definition) is 3. The average molecular weight is 254 g/mol. The van der Waals surface area contributed by atoms with Crippen molar-refractivity contribution < 1.29 is 4.74 Å². The number of hydrogen-bond donors (Lipinski definition) is 1. The summed E-state index contributed by atoms with van der Waals surface area (Å²) < 4.78 is 5.96. The van der Waals surface area contributed by atoms with Crippen molar-refractivity contribution >= 4 is 0 Å². The maximum absolute atomic E-state index is 5.96. The predicted molar refractivity (Wildman–Crippen MR) is 75.9 cm³/mol. The van der Waals surface area contributed by atoms with Gasteiger partial charge in [0, 0.05) is 19.1 Å². The van der Waals surface area contributed by atoms with Crippen LogP contribution < -0.4 is 5.32 Å². The fourth-order valence-corrected chi connectivity index (χ4v) is 3.16. The van der Waals surface area contributed by atoms with Gasteiger partial charge in [0.05, 0.1) is 12.2 Å². The van der Waals surface area contributed by atoms with Gasteiger partial charge in [-0.15, -0.1) is 0 Å². The highest BCUT2D eigenvalue weighted by Crippen LogP contribution is 2.21. The molecule has 2 saturated heterocycles. The molecule has 2 aliphatic rings. The molecule has 0 aromatic rings. The van der Waals surface area contributed by atoms with Gasteiger partial charge in [0.25, 0.3) is 0 Å². The van der Waals surface area contributed by atoms with Crippen molar-refractivity contribution in [1.29, 1.82) is 0 Å². The normalized spacial score (nSPS) is 36.5. The lowest BCUT2D eigenvalue weighted by atomic mass is 9.99. The molecule has 3 heteroatoms. The lowest BCUT2D eigenvalue weighted by Crippen LogP contribution is -2.44. The Labute approximate surface area is 112 Å². The fourth-order valence-electron chi connectivity index (χ4n) is 3.16. The minimum atomic E-state index is 0.477. The highest BCUT2D eigenvalue weighted by molar-refractivity contribution is 4.83. The van der Waals surface area contributed by atoms with Crippen molar-refractivity contribution in [3.63, 3.8) is 0 Å². The van der Waals surface area contributed by atoms with Crippen LogP contribution in [0.1, 0.15) is 46.5 Å². The van der Waals surface area contributed by atoms with E-state index in [0.717, 1.165) is 12.5 Å². The molecule has 18 heavy (non-hydrogen) atoms. The van der Waals surface area contributed by atoms with Gasteiger partial charge in [0.15, 0.2) is 0 Å². The van der Waals surface area contributed by atoms with Gasteiger partial charge in [0.1, 0.15) is 0 Å². The Morgan fingerprint density at radius 2 is 2.22 bits per heavy atom. The summed E-state index contributed by atoms with van der Waals surface area (Å²) in [6.07, 6.45) is 5.99. The van der Waals surface area contributed by atoms with Crippen LogP contribution in [0.3, 0.4) is 0 Å². The Morgan fingerprint density at radius 3 is 2.89 bits per heavy atom. The zero-order valence-corrected chi connectivity index (χ0v) is 12.3. The van der Waals surface area contributed by atoms with Crippen molar-refractivity contribution in [3.8, 4) is 0 Å². The van der Waals surface area contributed by atoms with E-state index in [1.54, 1.807) is 0 Å². The first-order valence-corrected chi connectivity index (χ1v) is 7.80. The van der Waals surface area contributed by atoms with Gasteiger partial charge in [-0.05, 0) is 45.2 Å². The summed E-state index contributed by atoms with van der Waals surface area (Å²) in [6.45, 7) is 11.6. The Bertz CT molecular complexity index is 247. The van der Waals surface area contributed by atoms with E-state index in [2.05, 4.69) is 31.0 Å². The van der Waals surface area contributed by atoms with Crippen molar-refractivity contribution in [1.82, 2.24) is 10.2 Å². The van der Waals surface area contributed by atoms with Gasteiger partial charge in [-0.2, -0.15) is 0 Å². The lowest BCUT2D eigenvalue weighted by molar-refractivity contribution is 0.0301. The number of nitrogens with one attached hydrogen (secondary N) is 1. The van der Waals surface area contributed by atoms with Crippen LogP contribution in [0.15, 0.2) is 0 Å². The molecular weight excluding hydrogens is 224 g/mol. The number of rotatable bonds is 4. The van der Waals surface area contributed by atoms with E-state index in [9.17, 15) is 0 Å². The third-order valence-corrected chi connectivity index (χ3v) is 4.63. The second-order valence-corrected chi connectivity index (χ2v) is 6.21. The molecule has 2 rings (SSSR count). The smallest absolute Gasteiger partial charge is 0.0706 e. The molecule has 0 radical (unpaired) electrons. The van der Waals surface area contributed by atoms with Crippen molar-refractivity contribution in [2.75, 3.05) is 26.2 Å². The molecule has 0 saturated carbocycles. The van der Waals surface area contributed by atoms with Crippen LogP contribution in [0.25, 0.3) is 0 Å². The molecule has 0 aromatic carbocycles. The maximum atomic E-state index is 5.96. The Balaban J connectivity index is 1.83. The number of nitrogens with zero attached hydrogens (tertiary/aromatic N) is 1. The van der Waals surface area contributed by atoms with Gasteiger partial charge in [-0.3, -0.25) is 4.90 Å². The topological polar surface area (TPSA) is 24.5 Å². The molecule has 4 unspecified atom stereocenters. The van der Waals surface area contributed by atoms with Gasteiger partial charge < -0.3 is 10.1 Å². The van der Waals surface area contributed by atoms with Gasteiger partial charge in [-0.1, -0.05) is 20.3 Å². The molecular formula is C15H30N2O. The van der Waals surface area contributed by atoms with Gasteiger partial charge in [0.2, 0.25) is 0 Å². The molecule has 4 atom stereocenters. The standard InChI is InChI=1S/C15H30N2O/c1-4-12(2)15-11-17(9-5-8-16-15)10-14-7-6-13(3)18-14/h12-16H,4-11H2,1-3H3. The second-order valence-electron chi connectivity index (χ2n) is 6.21. The summed E-state index contributed by atoms with van der Waals surface area (Å²) in [5, 5.41) is 3.71. The molecule has 2 aliphatic heterocycles. The Kier molecular flexibility index (Phi) is 5.46. The summed E-state index contributed by atoms with van der Waals surface area (Å²) in [4.78, 5) is 2.62. The monoisotopic (exact) mass is 254 g/mol. The van der Waals surface area contributed by atoms with Crippen molar-refractivity contribution in [2.45, 2.75) is 64.7 Å². The largest absolute Gasteiger partial charge is 0.374 e. The van der Waals surface area contributed by atoms with Crippen molar-refractivity contribution in [2.24, 2.45) is 5.92 Å². The molecule has 0 bridgehead atoms. The molecule has 106 valence electrons. The highest BCUT2D eigenvalue weighted by atomic mass is 16.5. The first-order chi connectivity index (χ1) is 8.69. The van der Waals surface area contributed by atoms with E-state index in [-0.39, 0.29) is 0 Å². The fraction of sp³-hybridized carbons (Fsp3) is 1.00. The minimum absolute atomic E-state index is 0.477. The van der Waals surface area contributed by atoms with E-state index < -0.39 is 0 Å². The maximum Gasteiger partial charge on any atom is 0.0706 e. The van der Waals surface area contributed by atoms with E-state index >= 15 is 0 Å². The van der Waals surface area contributed by atoms with Crippen LogP contribution in [0, 0.1) is 5.92 Å². The zero-order chi connectivity index (χ0) is 13.0. The predicted octanol–water partition coefficient (Wildman–Crippen LogP) is 2.26. The van der Waals surface area contributed by atoms with Crippen LogP contribution in [0.5, 0.6) is 0 Å². The first kappa shape index (κ1) is 14.3. The molecule has 1 N–H and O–H groups in total. The molecule has 2 fully saturated rings. The molecule has 0 amide bonds. The van der Waals surface area contributed by atoms with E-state index in [4.69, 9.17) is 4.74 Å². The third kappa shape index (κ3) is 3.94. The van der Waals surface area contributed by atoms with Crippen LogP contribution in [0.2, 0.25) is 0 Å². The lowest BCUT2D eigenvalue weighted by Gasteiger charge is -2.29. The van der Waals surface area contributed by atoms with E-state index in [1.807, 2.05) is 0 Å². The summed E-state index contributed by atoms with van der Waals surface area (Å²) in [7, 11) is 0. The summed E-state index contributed by atoms with van der Waals surface area (Å²) >= 11 is 0. The quantitative estimate of drug-likeness (QED) is 0.833. The zero-order valence-electron chi connectivity index (χ0n) is 12.3. The minimum Gasteiger partial charge on any atom is -0.374 e. The van der Waals surface area contributed by atoms with Gasteiger partial charge in [-0.25, -0.2) is 0 Å². The van der Waals surface area contributed by atoms with Crippen molar-refractivity contribution in [3.05, 3.63) is 0 Å². The molecule has 0 aromatic heterocycles. The molecule has 0 spiro atoms. The average Bonchev–Trinajstić information content (AvgIpc) is 2.64. The number of ether oxygens (including phenoxy) is 1. The van der Waals surface area contributed by atoms with Gasteiger partial charge >= 0.3 is 0 Å². The van der Waals surface area contributed by atoms with Crippen LogP contribution in [-0.4, -0.2) is 49.3 Å². The SMILES string of the molecule is CCC(C)C1CN(CC2CCC(C)O2)CCCN1. The molecule has 0 aliphatic carbocycles. The Hall–Kier alpha value is -0.120. The Morgan fingerprint density at radius 1 is 1.39 bits per heavy atom. The highest BCUT2D eigenvalue weighted by Gasteiger charge is 2.27. The van der Waals surface area contributed by atoms with Crippen LogP contribution in [-0.2, 0) is 4.74 Å². The summed E-state index contributed by atoms with van der Waals surface area (Å²) in [6, 6.07) is 0.663. The summed E-state index contributed by atoms with van der Waals surface area (Å²) in [5.74, 6) is 0.772. The first-order valence-electron chi connectivity index (χ1n) is 7.80. The van der Waals surface area contributed by atoms with Crippen LogP contribution >= 0.6 is 0 Å².